The van der Waals surface area contributed by atoms with Gasteiger partial charge in [-0.1, -0.05) is 36.4 Å². The molecule has 0 amide bonds. The molecule has 2 aliphatic rings. The molecule has 2 aliphatic heterocycles. The summed E-state index contributed by atoms with van der Waals surface area (Å²) in [6, 6.07) is 22.2. The molecule has 0 aliphatic carbocycles. The first-order chi connectivity index (χ1) is 16.4. The van der Waals surface area contributed by atoms with Crippen LogP contribution in [0.15, 0.2) is 71.6 Å². The van der Waals surface area contributed by atoms with Crippen LogP contribution < -0.4 is 4.90 Å². The molecule has 6 nitrogen and oxygen atoms in total. The molecule has 0 radical (unpaired) electrons. The highest BCUT2D eigenvalue weighted by Crippen LogP contribution is 2.51. The van der Waals surface area contributed by atoms with Crippen LogP contribution in [0.5, 0.6) is 0 Å². The molecule has 2 heterocycles. The summed E-state index contributed by atoms with van der Waals surface area (Å²) in [5.41, 5.74) is 5.01. The average molecular weight is 474 g/mol. The van der Waals surface area contributed by atoms with Gasteiger partial charge in [-0.25, -0.2) is 8.42 Å². The summed E-state index contributed by atoms with van der Waals surface area (Å²) in [5.74, 6) is -0.0259. The second-order valence-corrected chi connectivity index (χ2v) is 11.0. The van der Waals surface area contributed by atoms with Crippen molar-refractivity contribution in [2.24, 2.45) is 5.92 Å². The molecule has 174 valence electrons. The number of rotatable bonds is 4. The van der Waals surface area contributed by atoms with Gasteiger partial charge in [-0.15, -0.1) is 0 Å². The van der Waals surface area contributed by atoms with Crippen LogP contribution in [0.2, 0.25) is 0 Å². The Morgan fingerprint density at radius 1 is 1.06 bits per heavy atom. The Bertz CT molecular complexity index is 1400. The van der Waals surface area contributed by atoms with Gasteiger partial charge in [-0.05, 0) is 65.9 Å². The molecule has 1 fully saturated rings. The smallest absolute Gasteiger partial charge is 0.243 e. The number of aliphatic hydroxyl groups is 1. The van der Waals surface area contributed by atoms with Crippen molar-refractivity contribution in [3.63, 3.8) is 0 Å². The molecule has 1 N–H and O–H groups in total. The number of benzene rings is 3. The largest absolute Gasteiger partial charge is 0.394 e. The molecule has 0 aromatic heterocycles. The predicted octanol–water partition coefficient (Wildman–Crippen LogP) is 4.10. The van der Waals surface area contributed by atoms with E-state index < -0.39 is 10.0 Å². The van der Waals surface area contributed by atoms with Crippen molar-refractivity contribution < 1.29 is 13.5 Å². The van der Waals surface area contributed by atoms with E-state index in [0.717, 1.165) is 27.9 Å². The maximum Gasteiger partial charge on any atom is 0.243 e. The van der Waals surface area contributed by atoms with E-state index in [9.17, 15) is 18.8 Å². The van der Waals surface area contributed by atoms with Crippen LogP contribution in [0.25, 0.3) is 11.1 Å². The minimum atomic E-state index is -3.73. The highest BCUT2D eigenvalue weighted by Gasteiger charge is 2.50. The van der Waals surface area contributed by atoms with Crippen LogP contribution in [-0.4, -0.2) is 44.1 Å². The van der Waals surface area contributed by atoms with Gasteiger partial charge in [-0.3, -0.25) is 0 Å². The summed E-state index contributed by atoms with van der Waals surface area (Å²) in [6.07, 6.45) is 0.679. The lowest BCUT2D eigenvalue weighted by atomic mass is 9.81. The molecule has 0 unspecified atom stereocenters. The van der Waals surface area contributed by atoms with Crippen molar-refractivity contribution in [2.45, 2.75) is 30.3 Å². The standard InChI is InChI=1S/C27H27N3O3S/c1-18-6-3-4-9-26(18)34(32,33)30-13-12-22-25(17-31)29(2)24-11-10-21(15-23(24)27(22)30)20-8-5-7-19(14-20)16-28/h3-11,14-15,22,25,27,31H,12-13,17H2,1-2H3/t22-,25-,27-/m1/s1. The average Bonchev–Trinajstić information content (AvgIpc) is 3.30. The van der Waals surface area contributed by atoms with E-state index in [4.69, 9.17) is 0 Å². The molecule has 3 aromatic carbocycles. The summed E-state index contributed by atoms with van der Waals surface area (Å²) >= 11 is 0. The Hall–Kier alpha value is -3.18. The van der Waals surface area contributed by atoms with Gasteiger partial charge in [0, 0.05) is 25.2 Å². The zero-order valence-corrected chi connectivity index (χ0v) is 20.0. The van der Waals surface area contributed by atoms with Crippen LogP contribution >= 0.6 is 0 Å². The van der Waals surface area contributed by atoms with E-state index >= 15 is 0 Å². The molecule has 3 aromatic rings. The summed E-state index contributed by atoms with van der Waals surface area (Å²) < 4.78 is 29.3. The third-order valence-corrected chi connectivity index (χ3v) is 9.35. The number of hydrogen-bond acceptors (Lipinski definition) is 5. The van der Waals surface area contributed by atoms with Crippen LogP contribution in [0.4, 0.5) is 5.69 Å². The number of fused-ring (bicyclic) bond motifs is 3. The number of hydrogen-bond donors (Lipinski definition) is 1. The quantitative estimate of drug-likeness (QED) is 0.617. The zero-order chi connectivity index (χ0) is 24.0. The third-order valence-electron chi connectivity index (χ3n) is 7.31. The Labute approximate surface area is 200 Å². The number of aryl methyl sites for hydroxylation is 1. The highest BCUT2D eigenvalue weighted by atomic mass is 32.2. The molecule has 0 bridgehead atoms. The number of likely N-dealkylation sites (N-methyl/N-ethyl adjacent to an activating group) is 1. The molecule has 3 atom stereocenters. The molecule has 0 spiro atoms. The first-order valence-corrected chi connectivity index (χ1v) is 12.9. The second kappa shape index (κ2) is 8.55. The summed E-state index contributed by atoms with van der Waals surface area (Å²) in [7, 11) is -1.77. The Morgan fingerprint density at radius 3 is 2.56 bits per heavy atom. The lowest BCUT2D eigenvalue weighted by Crippen LogP contribution is -2.48. The zero-order valence-electron chi connectivity index (χ0n) is 19.2. The normalized spacial score (nSPS) is 22.2. The van der Waals surface area contributed by atoms with Gasteiger partial charge >= 0.3 is 0 Å². The SMILES string of the molecule is Cc1ccccc1S(=O)(=O)N1CC[C@@H]2[C@@H](CO)N(C)c3ccc(-c4cccc(C#N)c4)cc3[C@@H]21. The van der Waals surface area contributed by atoms with E-state index in [1.165, 1.54) is 0 Å². The summed E-state index contributed by atoms with van der Waals surface area (Å²) in [5, 5.41) is 19.6. The fourth-order valence-corrected chi connectivity index (χ4v) is 7.49. The number of anilines is 1. The summed E-state index contributed by atoms with van der Waals surface area (Å²) in [4.78, 5) is 2.41. The molecular weight excluding hydrogens is 446 g/mol. The third kappa shape index (κ3) is 3.50. The van der Waals surface area contributed by atoms with E-state index in [1.807, 2.05) is 56.4 Å². The van der Waals surface area contributed by atoms with Gasteiger partial charge in [-0.2, -0.15) is 9.57 Å². The minimum Gasteiger partial charge on any atom is -0.394 e. The first-order valence-electron chi connectivity index (χ1n) is 11.4. The molecule has 1 saturated heterocycles. The predicted molar refractivity (Wildman–Crippen MR) is 132 cm³/mol. The molecule has 7 heteroatoms. The number of nitrogens with zero attached hydrogens (tertiary/aromatic N) is 3. The molecular formula is C27H27N3O3S. The van der Waals surface area contributed by atoms with Gasteiger partial charge in [0.25, 0.3) is 0 Å². The number of sulfonamides is 1. The first kappa shape index (κ1) is 22.6. The van der Waals surface area contributed by atoms with Crippen LogP contribution in [0.1, 0.15) is 29.2 Å². The topological polar surface area (TPSA) is 84.6 Å². The van der Waals surface area contributed by atoms with E-state index in [0.29, 0.717) is 23.4 Å². The van der Waals surface area contributed by atoms with Gasteiger partial charge in [0.05, 0.1) is 35.2 Å². The monoisotopic (exact) mass is 473 g/mol. The van der Waals surface area contributed by atoms with Crippen molar-refractivity contribution in [3.05, 3.63) is 83.4 Å². The second-order valence-electron chi connectivity index (χ2n) is 9.11. The lowest BCUT2D eigenvalue weighted by molar-refractivity contribution is 0.193. The molecule has 5 rings (SSSR count). The fraction of sp³-hybridized carbons (Fsp3) is 0.296. The van der Waals surface area contributed by atoms with Gasteiger partial charge in [0.1, 0.15) is 0 Å². The van der Waals surface area contributed by atoms with Crippen molar-refractivity contribution in [1.82, 2.24) is 4.31 Å². The lowest BCUT2D eigenvalue weighted by Gasteiger charge is -2.44. The number of nitriles is 1. The number of aliphatic hydroxyl groups excluding tert-OH is 1. The van der Waals surface area contributed by atoms with E-state index in [-0.39, 0.29) is 24.6 Å². The molecule has 0 saturated carbocycles. The van der Waals surface area contributed by atoms with Crippen LogP contribution in [0.3, 0.4) is 0 Å². The van der Waals surface area contributed by atoms with Gasteiger partial charge in [0.2, 0.25) is 10.0 Å². The van der Waals surface area contributed by atoms with Crippen molar-refractivity contribution in [1.29, 1.82) is 5.26 Å². The van der Waals surface area contributed by atoms with E-state index in [2.05, 4.69) is 17.0 Å². The van der Waals surface area contributed by atoms with Crippen LogP contribution in [0, 0.1) is 24.2 Å². The Kier molecular flexibility index (Phi) is 5.68. The van der Waals surface area contributed by atoms with E-state index in [1.54, 1.807) is 22.5 Å². The van der Waals surface area contributed by atoms with Crippen molar-refractivity contribution in [3.8, 4) is 17.2 Å². The fourth-order valence-electron chi connectivity index (χ4n) is 5.60. The maximum absolute atomic E-state index is 13.8. The van der Waals surface area contributed by atoms with Crippen LogP contribution in [-0.2, 0) is 10.0 Å². The van der Waals surface area contributed by atoms with Crippen molar-refractivity contribution in [2.75, 3.05) is 25.1 Å². The molecule has 34 heavy (non-hydrogen) atoms. The van der Waals surface area contributed by atoms with Gasteiger partial charge in [0.15, 0.2) is 0 Å². The Balaban J connectivity index is 1.66. The Morgan fingerprint density at radius 2 is 1.82 bits per heavy atom. The highest BCUT2D eigenvalue weighted by molar-refractivity contribution is 7.89. The maximum atomic E-state index is 13.8. The minimum absolute atomic E-state index is 0.0259. The van der Waals surface area contributed by atoms with Gasteiger partial charge < -0.3 is 10.0 Å². The summed E-state index contributed by atoms with van der Waals surface area (Å²) in [6.45, 7) is 2.19. The van der Waals surface area contributed by atoms with Crippen molar-refractivity contribution >= 4 is 15.7 Å².